The second kappa shape index (κ2) is 6.82. The van der Waals surface area contributed by atoms with Crippen molar-refractivity contribution >= 4 is 5.91 Å². The molecule has 84 valence electrons. The minimum atomic E-state index is 0.0424. The molecule has 0 saturated heterocycles. The van der Waals surface area contributed by atoms with Gasteiger partial charge in [0.15, 0.2) is 0 Å². The van der Waals surface area contributed by atoms with E-state index in [-0.39, 0.29) is 12.5 Å². The van der Waals surface area contributed by atoms with E-state index in [9.17, 15) is 4.79 Å². The van der Waals surface area contributed by atoms with Crippen molar-refractivity contribution in [3.8, 4) is 0 Å². The number of hydrogen-bond acceptors (Lipinski definition) is 2. The third kappa shape index (κ3) is 4.61. The molecule has 0 spiro atoms. The van der Waals surface area contributed by atoms with Crippen LogP contribution in [0.5, 0.6) is 0 Å². The molecule has 1 N–H and O–H groups in total. The summed E-state index contributed by atoms with van der Waals surface area (Å²) in [5, 5.41) is 8.69. The van der Waals surface area contributed by atoms with E-state index in [0.29, 0.717) is 24.8 Å². The first kappa shape index (κ1) is 13.4. The maximum Gasteiger partial charge on any atom is 0.222 e. The molecule has 1 amide bonds. The lowest BCUT2D eigenvalue weighted by Crippen LogP contribution is -2.31. The van der Waals surface area contributed by atoms with Crippen molar-refractivity contribution in [1.29, 1.82) is 0 Å². The van der Waals surface area contributed by atoms with Crippen molar-refractivity contribution in [1.82, 2.24) is 4.90 Å². The van der Waals surface area contributed by atoms with Crippen LogP contribution in [0.4, 0.5) is 0 Å². The molecule has 0 bridgehead atoms. The molecule has 1 unspecified atom stereocenters. The summed E-state index contributed by atoms with van der Waals surface area (Å²) in [7, 11) is 1.74. The van der Waals surface area contributed by atoms with Gasteiger partial charge >= 0.3 is 0 Å². The van der Waals surface area contributed by atoms with Crippen LogP contribution < -0.4 is 0 Å². The number of hydrogen-bond donors (Lipinski definition) is 1. The van der Waals surface area contributed by atoms with Crippen LogP contribution in [-0.4, -0.2) is 36.1 Å². The zero-order valence-electron chi connectivity index (χ0n) is 9.79. The number of aliphatic hydroxyl groups is 1. The Kier molecular flexibility index (Phi) is 6.54. The van der Waals surface area contributed by atoms with Gasteiger partial charge in [0.2, 0.25) is 5.91 Å². The van der Waals surface area contributed by atoms with Gasteiger partial charge < -0.3 is 10.0 Å². The monoisotopic (exact) mass is 201 g/mol. The molecule has 0 aliphatic carbocycles. The van der Waals surface area contributed by atoms with Crippen LogP contribution in [0.3, 0.4) is 0 Å². The Hall–Kier alpha value is -0.570. The highest BCUT2D eigenvalue weighted by Crippen LogP contribution is 2.19. The van der Waals surface area contributed by atoms with Gasteiger partial charge in [-0.1, -0.05) is 27.2 Å². The quantitative estimate of drug-likeness (QED) is 0.707. The van der Waals surface area contributed by atoms with E-state index < -0.39 is 0 Å². The maximum absolute atomic E-state index is 11.6. The van der Waals surface area contributed by atoms with Crippen LogP contribution in [-0.2, 0) is 4.79 Å². The predicted octanol–water partition coefficient (Wildman–Crippen LogP) is 1.51. The van der Waals surface area contributed by atoms with Crippen LogP contribution in [0, 0.1) is 11.8 Å². The van der Waals surface area contributed by atoms with Crippen LogP contribution in [0.1, 0.15) is 33.6 Å². The van der Waals surface area contributed by atoms with E-state index in [2.05, 4.69) is 20.8 Å². The molecule has 0 rings (SSSR count). The van der Waals surface area contributed by atoms with Gasteiger partial charge in [0.25, 0.3) is 0 Å². The van der Waals surface area contributed by atoms with Gasteiger partial charge in [0.1, 0.15) is 0 Å². The molecule has 3 nitrogen and oxygen atoms in total. The van der Waals surface area contributed by atoms with Crippen molar-refractivity contribution in [3.05, 3.63) is 0 Å². The molecular weight excluding hydrogens is 178 g/mol. The standard InChI is InChI=1S/C11H23NO2/c1-5-10(9(2)3)8-11(14)12(4)6-7-13/h9-10,13H,5-8H2,1-4H3. The summed E-state index contributed by atoms with van der Waals surface area (Å²) in [6.07, 6.45) is 1.64. The Labute approximate surface area is 87.1 Å². The largest absolute Gasteiger partial charge is 0.395 e. The summed E-state index contributed by atoms with van der Waals surface area (Å²) in [4.78, 5) is 13.2. The van der Waals surface area contributed by atoms with Gasteiger partial charge in [-0.15, -0.1) is 0 Å². The molecule has 0 aliphatic heterocycles. The molecule has 0 aromatic heterocycles. The molecule has 0 heterocycles. The van der Waals surface area contributed by atoms with Crippen molar-refractivity contribution in [2.75, 3.05) is 20.2 Å². The maximum atomic E-state index is 11.6. The van der Waals surface area contributed by atoms with Crippen molar-refractivity contribution < 1.29 is 9.90 Å². The minimum Gasteiger partial charge on any atom is -0.395 e. The Morgan fingerprint density at radius 2 is 2.00 bits per heavy atom. The van der Waals surface area contributed by atoms with Crippen molar-refractivity contribution in [2.45, 2.75) is 33.6 Å². The average molecular weight is 201 g/mol. The molecule has 0 saturated carbocycles. The Balaban J connectivity index is 4.01. The van der Waals surface area contributed by atoms with E-state index in [1.807, 2.05) is 0 Å². The number of amides is 1. The Morgan fingerprint density at radius 1 is 1.43 bits per heavy atom. The van der Waals surface area contributed by atoms with Crippen LogP contribution in [0.2, 0.25) is 0 Å². The molecular formula is C11H23NO2. The summed E-state index contributed by atoms with van der Waals surface area (Å²) in [6, 6.07) is 0. The normalized spacial score (nSPS) is 13.0. The summed E-state index contributed by atoms with van der Waals surface area (Å²) in [5.74, 6) is 1.15. The highest BCUT2D eigenvalue weighted by atomic mass is 16.3. The van der Waals surface area contributed by atoms with Gasteiger partial charge in [0.05, 0.1) is 6.61 Å². The topological polar surface area (TPSA) is 40.5 Å². The van der Waals surface area contributed by atoms with Gasteiger partial charge in [-0.2, -0.15) is 0 Å². The molecule has 0 fully saturated rings. The summed E-state index contributed by atoms with van der Waals surface area (Å²) in [6.45, 7) is 6.89. The van der Waals surface area contributed by atoms with E-state index in [1.54, 1.807) is 11.9 Å². The fraction of sp³-hybridized carbons (Fsp3) is 0.909. The average Bonchev–Trinajstić information content (AvgIpc) is 2.13. The third-order valence-electron chi connectivity index (χ3n) is 2.77. The van der Waals surface area contributed by atoms with Gasteiger partial charge in [-0.05, 0) is 11.8 Å². The van der Waals surface area contributed by atoms with Gasteiger partial charge in [0, 0.05) is 20.0 Å². The first-order valence-corrected chi connectivity index (χ1v) is 5.37. The second-order valence-corrected chi connectivity index (χ2v) is 4.16. The number of carbonyl (C=O) groups excluding carboxylic acids is 1. The lowest BCUT2D eigenvalue weighted by molar-refractivity contribution is -0.131. The summed E-state index contributed by atoms with van der Waals surface area (Å²) in [5.41, 5.74) is 0. The van der Waals surface area contributed by atoms with E-state index in [4.69, 9.17) is 5.11 Å². The molecule has 3 heteroatoms. The van der Waals surface area contributed by atoms with E-state index in [0.717, 1.165) is 6.42 Å². The molecule has 0 radical (unpaired) electrons. The second-order valence-electron chi connectivity index (χ2n) is 4.16. The van der Waals surface area contributed by atoms with Gasteiger partial charge in [-0.3, -0.25) is 4.79 Å². The first-order chi connectivity index (χ1) is 6.52. The van der Waals surface area contributed by atoms with Crippen LogP contribution in [0.15, 0.2) is 0 Å². The lowest BCUT2D eigenvalue weighted by atomic mass is 9.90. The number of likely N-dealkylation sites (N-methyl/N-ethyl adjacent to an activating group) is 1. The highest BCUT2D eigenvalue weighted by Gasteiger charge is 2.17. The number of carbonyl (C=O) groups is 1. The smallest absolute Gasteiger partial charge is 0.222 e. The third-order valence-corrected chi connectivity index (χ3v) is 2.77. The predicted molar refractivity (Wildman–Crippen MR) is 58.0 cm³/mol. The number of nitrogens with zero attached hydrogens (tertiary/aromatic N) is 1. The first-order valence-electron chi connectivity index (χ1n) is 5.37. The van der Waals surface area contributed by atoms with E-state index in [1.165, 1.54) is 0 Å². The number of aliphatic hydroxyl groups excluding tert-OH is 1. The molecule has 14 heavy (non-hydrogen) atoms. The fourth-order valence-electron chi connectivity index (χ4n) is 1.51. The highest BCUT2D eigenvalue weighted by molar-refractivity contribution is 5.76. The molecule has 0 aromatic carbocycles. The minimum absolute atomic E-state index is 0.0424. The van der Waals surface area contributed by atoms with Crippen LogP contribution >= 0.6 is 0 Å². The zero-order valence-corrected chi connectivity index (χ0v) is 9.79. The molecule has 0 aromatic rings. The van der Waals surface area contributed by atoms with Crippen molar-refractivity contribution in [2.24, 2.45) is 11.8 Å². The molecule has 0 aliphatic rings. The number of rotatable bonds is 6. The molecule has 1 atom stereocenters. The van der Waals surface area contributed by atoms with Gasteiger partial charge in [-0.25, -0.2) is 0 Å². The summed E-state index contributed by atoms with van der Waals surface area (Å²) < 4.78 is 0. The summed E-state index contributed by atoms with van der Waals surface area (Å²) >= 11 is 0. The van der Waals surface area contributed by atoms with Crippen LogP contribution in [0.25, 0.3) is 0 Å². The zero-order chi connectivity index (χ0) is 11.1. The SMILES string of the molecule is CCC(CC(=O)N(C)CCO)C(C)C. The Morgan fingerprint density at radius 3 is 2.36 bits per heavy atom. The van der Waals surface area contributed by atoms with Crippen molar-refractivity contribution in [3.63, 3.8) is 0 Å². The Bertz CT molecular complexity index is 169. The lowest BCUT2D eigenvalue weighted by Gasteiger charge is -2.22. The van der Waals surface area contributed by atoms with E-state index >= 15 is 0 Å². The fourth-order valence-corrected chi connectivity index (χ4v) is 1.51.